The number of cyclic esters (lactones) is 1. The average Bonchev–Trinajstić information content (AvgIpc) is 3.05. The Morgan fingerprint density at radius 1 is 1.32 bits per heavy atom. The molecule has 0 saturated carbocycles. The Kier molecular flexibility index (Phi) is 3.81. The number of amides is 2. The van der Waals surface area contributed by atoms with Crippen LogP contribution in [0.25, 0.3) is 11.1 Å². The smallest absolute Gasteiger partial charge is 0.420 e. The van der Waals surface area contributed by atoms with Gasteiger partial charge in [0.2, 0.25) is 0 Å². The summed E-state index contributed by atoms with van der Waals surface area (Å²) in [6.45, 7) is 5.20. The minimum atomic E-state index is -0.984. The van der Waals surface area contributed by atoms with Gasteiger partial charge in [-0.15, -0.1) is 0 Å². The monoisotopic (exact) mass is 351 g/mol. The van der Waals surface area contributed by atoms with Crippen LogP contribution in [0.1, 0.15) is 20.8 Å². The number of halogens is 1. The van der Waals surface area contributed by atoms with Crippen LogP contribution in [-0.4, -0.2) is 36.3 Å². The zero-order valence-electron chi connectivity index (χ0n) is 14.3. The van der Waals surface area contributed by atoms with Gasteiger partial charge in [0.1, 0.15) is 5.52 Å². The van der Waals surface area contributed by atoms with Crippen molar-refractivity contribution in [3.8, 4) is 0 Å². The van der Waals surface area contributed by atoms with Gasteiger partial charge >= 0.3 is 11.8 Å². The van der Waals surface area contributed by atoms with Crippen LogP contribution in [0.15, 0.2) is 21.3 Å². The Hall–Kier alpha value is -2.84. The Morgan fingerprint density at radius 2 is 2.00 bits per heavy atom. The number of hydrogen-bond acceptors (Lipinski definition) is 5. The molecule has 0 spiro atoms. The van der Waals surface area contributed by atoms with E-state index in [4.69, 9.17) is 9.15 Å². The summed E-state index contributed by atoms with van der Waals surface area (Å²) in [5.41, 5.74) is -0.485. The summed E-state index contributed by atoms with van der Waals surface area (Å²) >= 11 is 0. The molecule has 8 nitrogen and oxygen atoms in total. The van der Waals surface area contributed by atoms with Crippen LogP contribution in [0.3, 0.4) is 0 Å². The van der Waals surface area contributed by atoms with Crippen molar-refractivity contribution in [2.45, 2.75) is 32.4 Å². The second-order valence-corrected chi connectivity index (χ2v) is 6.75. The number of carbonyl (C=O) groups is 2. The molecular formula is C16H18FN3O5. The van der Waals surface area contributed by atoms with Gasteiger partial charge in [-0.2, -0.15) is 0 Å². The largest absolute Gasteiger partial charge is 0.434 e. The normalized spacial score (nSPS) is 17.9. The van der Waals surface area contributed by atoms with Crippen molar-refractivity contribution in [2.75, 3.05) is 18.5 Å². The molecule has 2 amide bonds. The van der Waals surface area contributed by atoms with E-state index in [1.54, 1.807) is 20.8 Å². The lowest BCUT2D eigenvalue weighted by atomic mass is 10.1. The van der Waals surface area contributed by atoms with Crippen LogP contribution in [0.2, 0.25) is 0 Å². The molecule has 1 saturated heterocycles. The Bertz CT molecular complexity index is 924. The Morgan fingerprint density at radius 3 is 2.60 bits per heavy atom. The lowest BCUT2D eigenvalue weighted by Gasteiger charge is -2.20. The maximum absolute atomic E-state index is 14.7. The van der Waals surface area contributed by atoms with Gasteiger partial charge in [-0.1, -0.05) is 0 Å². The lowest BCUT2D eigenvalue weighted by Crippen LogP contribution is -2.35. The molecule has 1 fully saturated rings. The van der Waals surface area contributed by atoms with Crippen molar-refractivity contribution >= 4 is 28.8 Å². The first kappa shape index (κ1) is 17.0. The van der Waals surface area contributed by atoms with E-state index < -0.39 is 35.2 Å². The highest BCUT2D eigenvalue weighted by molar-refractivity contribution is 5.96. The van der Waals surface area contributed by atoms with Gasteiger partial charge in [-0.25, -0.2) is 14.0 Å². The zero-order chi connectivity index (χ0) is 18.5. The topological polar surface area (TPSA) is 93.8 Å². The number of likely N-dealkylation sites (N-methyl/N-ethyl adjacent to an activating group) is 1. The molecule has 1 atom stereocenters. The molecule has 1 N–H and O–H groups in total. The molecule has 134 valence electrons. The third kappa shape index (κ3) is 2.75. The summed E-state index contributed by atoms with van der Waals surface area (Å²) in [7, 11) is 1.43. The van der Waals surface area contributed by atoms with E-state index in [1.807, 2.05) is 0 Å². The van der Waals surface area contributed by atoms with Crippen molar-refractivity contribution in [1.82, 2.24) is 9.88 Å². The minimum absolute atomic E-state index is 0.0196. The van der Waals surface area contributed by atoms with Crippen LogP contribution in [0, 0.1) is 5.82 Å². The van der Waals surface area contributed by atoms with Gasteiger partial charge in [0.05, 0.1) is 12.2 Å². The summed E-state index contributed by atoms with van der Waals surface area (Å²) in [4.78, 5) is 36.8. The van der Waals surface area contributed by atoms with Crippen molar-refractivity contribution < 1.29 is 23.1 Å². The van der Waals surface area contributed by atoms with E-state index in [9.17, 15) is 18.8 Å². The van der Waals surface area contributed by atoms with Gasteiger partial charge in [-0.05, 0) is 20.8 Å². The fourth-order valence-corrected chi connectivity index (χ4v) is 2.82. The maximum atomic E-state index is 14.7. The molecule has 0 aliphatic carbocycles. The predicted octanol–water partition coefficient (Wildman–Crippen LogP) is 1.56. The minimum Gasteiger partial charge on any atom is -0.434 e. The van der Waals surface area contributed by atoms with Crippen LogP contribution in [-0.2, 0) is 15.1 Å². The van der Waals surface area contributed by atoms with E-state index in [0.29, 0.717) is 0 Å². The number of rotatable bonds is 2. The molecule has 1 aromatic carbocycles. The van der Waals surface area contributed by atoms with E-state index in [1.165, 1.54) is 17.7 Å². The first-order chi connectivity index (χ1) is 11.6. The molecule has 0 unspecified atom stereocenters. The van der Waals surface area contributed by atoms with E-state index in [-0.39, 0.29) is 23.3 Å². The first-order valence-electron chi connectivity index (χ1n) is 7.69. The number of aromatic nitrogens is 1. The number of anilines is 1. The average molecular weight is 351 g/mol. The summed E-state index contributed by atoms with van der Waals surface area (Å²) in [6.07, 6.45) is -1.76. The zero-order valence-corrected chi connectivity index (χ0v) is 14.3. The van der Waals surface area contributed by atoms with Crippen molar-refractivity contribution in [1.29, 1.82) is 0 Å². The first-order valence-corrected chi connectivity index (χ1v) is 7.69. The standard InChI is InChI=1S/C16H18FN3O5/c1-16(2,3)20-12-9(17)5-8(6-10(12)24-15(20)23)19-7-11(13(21)18-4)25-14(19)22/h5-6,11H,7H2,1-4H3,(H,18,21)/t11-/m1/s1. The lowest BCUT2D eigenvalue weighted by molar-refractivity contribution is -0.127. The Labute approximate surface area is 142 Å². The number of ether oxygens (including phenoxy) is 1. The molecule has 0 radical (unpaired) electrons. The maximum Gasteiger partial charge on any atom is 0.420 e. The number of carbonyl (C=O) groups excluding carboxylic acids is 2. The summed E-state index contributed by atoms with van der Waals surface area (Å²) in [5, 5.41) is 2.39. The summed E-state index contributed by atoms with van der Waals surface area (Å²) < 4.78 is 26.0. The third-order valence-electron chi connectivity index (χ3n) is 3.95. The van der Waals surface area contributed by atoms with Crippen LogP contribution < -0.4 is 16.0 Å². The van der Waals surface area contributed by atoms with Crippen LogP contribution in [0.4, 0.5) is 14.9 Å². The molecule has 1 aromatic heterocycles. The molecule has 9 heteroatoms. The quantitative estimate of drug-likeness (QED) is 0.886. The molecule has 1 aliphatic rings. The fraction of sp³-hybridized carbons (Fsp3) is 0.438. The molecule has 1 aliphatic heterocycles. The molecule has 25 heavy (non-hydrogen) atoms. The Balaban J connectivity index is 2.07. The highest BCUT2D eigenvalue weighted by Crippen LogP contribution is 2.30. The van der Waals surface area contributed by atoms with Crippen molar-refractivity contribution in [2.24, 2.45) is 0 Å². The second kappa shape index (κ2) is 5.61. The van der Waals surface area contributed by atoms with Crippen molar-refractivity contribution in [3.05, 3.63) is 28.5 Å². The van der Waals surface area contributed by atoms with Gasteiger partial charge < -0.3 is 14.5 Å². The van der Waals surface area contributed by atoms with Gasteiger partial charge in [0.15, 0.2) is 17.5 Å². The second-order valence-electron chi connectivity index (χ2n) is 6.75. The number of fused-ring (bicyclic) bond motifs is 1. The molecule has 2 aromatic rings. The molecule has 3 rings (SSSR count). The highest BCUT2D eigenvalue weighted by atomic mass is 19.1. The van der Waals surface area contributed by atoms with Crippen LogP contribution >= 0.6 is 0 Å². The van der Waals surface area contributed by atoms with Gasteiger partial charge in [-0.3, -0.25) is 14.3 Å². The highest BCUT2D eigenvalue weighted by Gasteiger charge is 2.37. The van der Waals surface area contributed by atoms with E-state index in [2.05, 4.69) is 5.32 Å². The van der Waals surface area contributed by atoms with E-state index >= 15 is 0 Å². The van der Waals surface area contributed by atoms with Gasteiger partial charge in [0.25, 0.3) is 5.91 Å². The third-order valence-corrected chi connectivity index (χ3v) is 3.95. The van der Waals surface area contributed by atoms with Crippen molar-refractivity contribution in [3.63, 3.8) is 0 Å². The predicted molar refractivity (Wildman–Crippen MR) is 87.1 cm³/mol. The summed E-state index contributed by atoms with van der Waals surface area (Å²) in [5.74, 6) is -1.85. The molecule has 0 bridgehead atoms. The number of nitrogens with one attached hydrogen (secondary N) is 1. The summed E-state index contributed by atoms with van der Waals surface area (Å²) in [6, 6.07) is 2.50. The van der Waals surface area contributed by atoms with Crippen LogP contribution in [0.5, 0.6) is 0 Å². The molecular weight excluding hydrogens is 333 g/mol. The van der Waals surface area contributed by atoms with Gasteiger partial charge in [0, 0.05) is 24.7 Å². The number of benzene rings is 1. The molecule has 2 heterocycles. The van der Waals surface area contributed by atoms with E-state index in [0.717, 1.165) is 11.0 Å². The number of oxazole rings is 1. The number of nitrogens with zero attached hydrogens (tertiary/aromatic N) is 2. The SMILES string of the molecule is CNC(=O)[C@H]1CN(c2cc(F)c3c(c2)oc(=O)n3C(C)(C)C)C(=O)O1. The number of hydrogen-bond donors (Lipinski definition) is 1. The fourth-order valence-electron chi connectivity index (χ4n) is 2.82.